The lowest BCUT2D eigenvalue weighted by atomic mass is 10.1. The summed E-state index contributed by atoms with van der Waals surface area (Å²) < 4.78 is 40.9. The van der Waals surface area contributed by atoms with E-state index in [1.165, 1.54) is 12.1 Å². The maximum Gasteiger partial charge on any atom is 0.573 e. The van der Waals surface area contributed by atoms with Crippen molar-refractivity contribution < 1.29 is 17.9 Å². The van der Waals surface area contributed by atoms with Gasteiger partial charge in [0.25, 0.3) is 0 Å². The van der Waals surface area contributed by atoms with Crippen LogP contribution in [0.25, 0.3) is 0 Å². The number of hydrogen-bond acceptors (Lipinski definition) is 3. The number of nitrogens with one attached hydrogen (secondary N) is 1. The summed E-state index contributed by atoms with van der Waals surface area (Å²) in [6.07, 6.45) is -1.52. The zero-order valence-corrected chi connectivity index (χ0v) is 12.1. The van der Waals surface area contributed by atoms with Gasteiger partial charge in [-0.1, -0.05) is 19.4 Å². The second-order valence-corrected chi connectivity index (χ2v) is 5.28. The van der Waals surface area contributed by atoms with E-state index in [-0.39, 0.29) is 5.75 Å². The predicted molar refractivity (Wildman–Crippen MR) is 76.7 cm³/mol. The molecule has 0 radical (unpaired) electrons. The summed E-state index contributed by atoms with van der Waals surface area (Å²) in [4.78, 5) is 2.13. The normalized spacial score (nSPS) is 20.2. The number of halogens is 3. The van der Waals surface area contributed by atoms with Gasteiger partial charge in [-0.05, 0) is 31.5 Å². The van der Waals surface area contributed by atoms with E-state index in [1.807, 2.05) is 6.07 Å². The first kappa shape index (κ1) is 15.9. The minimum absolute atomic E-state index is 0.163. The van der Waals surface area contributed by atoms with Gasteiger partial charge in [0, 0.05) is 30.9 Å². The summed E-state index contributed by atoms with van der Waals surface area (Å²) in [5, 5.41) is 3.48. The van der Waals surface area contributed by atoms with Crippen LogP contribution in [0.3, 0.4) is 0 Å². The fourth-order valence-corrected chi connectivity index (χ4v) is 2.65. The molecule has 1 heterocycles. The van der Waals surface area contributed by atoms with Crippen LogP contribution in [0.15, 0.2) is 24.3 Å². The van der Waals surface area contributed by atoms with E-state index >= 15 is 0 Å². The SMILES string of the molecule is CCCC1CN(c2cccc(OC(F)(F)F)c2)CCCN1. The Hall–Kier alpha value is -1.43. The van der Waals surface area contributed by atoms with Crippen LogP contribution in [0.1, 0.15) is 26.2 Å². The van der Waals surface area contributed by atoms with Crippen molar-refractivity contribution in [3.63, 3.8) is 0 Å². The monoisotopic (exact) mass is 302 g/mol. The molecular weight excluding hydrogens is 281 g/mol. The third-order valence-corrected chi connectivity index (χ3v) is 3.53. The van der Waals surface area contributed by atoms with Crippen molar-refractivity contribution >= 4 is 5.69 Å². The average molecular weight is 302 g/mol. The molecule has 6 heteroatoms. The highest BCUT2D eigenvalue weighted by Gasteiger charge is 2.31. The predicted octanol–water partition coefficient (Wildman–Crippen LogP) is 3.55. The first-order valence-electron chi connectivity index (χ1n) is 7.32. The van der Waals surface area contributed by atoms with Crippen molar-refractivity contribution in [3.05, 3.63) is 24.3 Å². The quantitative estimate of drug-likeness (QED) is 0.920. The number of nitrogens with zero attached hydrogens (tertiary/aromatic N) is 1. The van der Waals surface area contributed by atoms with Crippen molar-refractivity contribution in [2.24, 2.45) is 0 Å². The summed E-state index contributed by atoms with van der Waals surface area (Å²) in [7, 11) is 0. The molecule has 1 N–H and O–H groups in total. The number of ether oxygens (including phenoxy) is 1. The van der Waals surface area contributed by atoms with Gasteiger partial charge >= 0.3 is 6.36 Å². The summed E-state index contributed by atoms with van der Waals surface area (Å²) in [6, 6.07) is 6.60. The van der Waals surface area contributed by atoms with Crippen molar-refractivity contribution in [1.29, 1.82) is 0 Å². The molecule has 1 aromatic carbocycles. The molecule has 0 spiro atoms. The Bertz CT molecular complexity index is 451. The average Bonchev–Trinajstić information content (AvgIpc) is 2.63. The number of benzene rings is 1. The largest absolute Gasteiger partial charge is 0.573 e. The van der Waals surface area contributed by atoms with Crippen LogP contribution in [0.5, 0.6) is 5.75 Å². The van der Waals surface area contributed by atoms with Gasteiger partial charge in [0.15, 0.2) is 0 Å². The second-order valence-electron chi connectivity index (χ2n) is 5.28. The first-order valence-corrected chi connectivity index (χ1v) is 7.32. The van der Waals surface area contributed by atoms with Gasteiger partial charge in [0.05, 0.1) is 0 Å². The van der Waals surface area contributed by atoms with Gasteiger partial charge in [-0.25, -0.2) is 0 Å². The lowest BCUT2D eigenvalue weighted by Crippen LogP contribution is -2.37. The van der Waals surface area contributed by atoms with Crippen molar-refractivity contribution in [1.82, 2.24) is 5.32 Å². The molecular formula is C15H21F3N2O. The molecule has 118 valence electrons. The number of rotatable bonds is 4. The van der Waals surface area contributed by atoms with E-state index in [0.717, 1.165) is 44.6 Å². The van der Waals surface area contributed by atoms with Crippen molar-refractivity contribution in [3.8, 4) is 5.75 Å². The zero-order valence-electron chi connectivity index (χ0n) is 12.1. The fraction of sp³-hybridized carbons (Fsp3) is 0.600. The fourth-order valence-electron chi connectivity index (χ4n) is 2.65. The molecule has 21 heavy (non-hydrogen) atoms. The van der Waals surface area contributed by atoms with Gasteiger partial charge in [-0.15, -0.1) is 13.2 Å². The van der Waals surface area contributed by atoms with Crippen molar-refractivity contribution in [2.45, 2.75) is 38.6 Å². The van der Waals surface area contributed by atoms with Crippen molar-refractivity contribution in [2.75, 3.05) is 24.5 Å². The maximum atomic E-state index is 12.3. The Kier molecular flexibility index (Phi) is 5.33. The highest BCUT2D eigenvalue weighted by Crippen LogP contribution is 2.27. The Morgan fingerprint density at radius 2 is 2.19 bits per heavy atom. The van der Waals surface area contributed by atoms with Gasteiger partial charge in [0.2, 0.25) is 0 Å². The molecule has 2 rings (SSSR count). The van der Waals surface area contributed by atoms with Crippen LogP contribution < -0.4 is 15.0 Å². The smallest absolute Gasteiger partial charge is 0.406 e. The molecule has 1 unspecified atom stereocenters. The first-order chi connectivity index (χ1) is 9.98. The topological polar surface area (TPSA) is 24.5 Å². The number of hydrogen-bond donors (Lipinski definition) is 1. The molecule has 0 aliphatic carbocycles. The van der Waals surface area contributed by atoms with Gasteiger partial charge in [-0.3, -0.25) is 0 Å². The Balaban J connectivity index is 2.10. The minimum atomic E-state index is -4.65. The minimum Gasteiger partial charge on any atom is -0.406 e. The Morgan fingerprint density at radius 1 is 1.38 bits per heavy atom. The van der Waals surface area contributed by atoms with E-state index in [1.54, 1.807) is 6.07 Å². The third-order valence-electron chi connectivity index (χ3n) is 3.53. The van der Waals surface area contributed by atoms with Gasteiger partial charge in [0.1, 0.15) is 5.75 Å². The van der Waals surface area contributed by atoms with Gasteiger partial charge < -0.3 is 15.0 Å². The molecule has 0 saturated carbocycles. The van der Waals surface area contributed by atoms with E-state index in [0.29, 0.717) is 6.04 Å². The maximum absolute atomic E-state index is 12.3. The van der Waals surface area contributed by atoms with E-state index in [2.05, 4.69) is 21.9 Å². The number of alkyl halides is 3. The lowest BCUT2D eigenvalue weighted by Gasteiger charge is -2.26. The third kappa shape index (κ3) is 5.12. The van der Waals surface area contributed by atoms with Crippen LogP contribution in [0, 0.1) is 0 Å². The van der Waals surface area contributed by atoms with Crippen LogP contribution in [0.4, 0.5) is 18.9 Å². The molecule has 1 aliphatic heterocycles. The van der Waals surface area contributed by atoms with Gasteiger partial charge in [-0.2, -0.15) is 0 Å². The molecule has 1 saturated heterocycles. The molecule has 1 aliphatic rings. The van der Waals surface area contributed by atoms with E-state index in [9.17, 15) is 13.2 Å². The second kappa shape index (κ2) is 7.02. The molecule has 0 aromatic heterocycles. The van der Waals surface area contributed by atoms with Crippen LogP contribution in [-0.4, -0.2) is 32.0 Å². The molecule has 1 atom stereocenters. The summed E-state index contributed by atoms with van der Waals surface area (Å²) in [5.41, 5.74) is 0.779. The van der Waals surface area contributed by atoms with E-state index < -0.39 is 6.36 Å². The molecule has 1 fully saturated rings. The number of anilines is 1. The zero-order chi connectivity index (χ0) is 15.3. The summed E-state index contributed by atoms with van der Waals surface area (Å²) in [5.74, 6) is -0.163. The highest BCUT2D eigenvalue weighted by molar-refractivity contribution is 5.51. The van der Waals surface area contributed by atoms with Crippen LogP contribution in [-0.2, 0) is 0 Å². The molecule has 0 amide bonds. The van der Waals surface area contributed by atoms with E-state index in [4.69, 9.17) is 0 Å². The van der Waals surface area contributed by atoms with Crippen LogP contribution >= 0.6 is 0 Å². The highest BCUT2D eigenvalue weighted by atomic mass is 19.4. The lowest BCUT2D eigenvalue weighted by molar-refractivity contribution is -0.274. The molecule has 0 bridgehead atoms. The Labute approximate surface area is 123 Å². The standard InChI is InChI=1S/C15H21F3N2O/c1-2-5-12-11-20(9-4-8-19-12)13-6-3-7-14(10-13)21-15(16,17)18/h3,6-7,10,12,19H,2,4-5,8-9,11H2,1H3. The summed E-state index contributed by atoms with van der Waals surface area (Å²) in [6.45, 7) is 4.72. The van der Waals surface area contributed by atoms with Crippen LogP contribution in [0.2, 0.25) is 0 Å². The summed E-state index contributed by atoms with van der Waals surface area (Å²) >= 11 is 0. The Morgan fingerprint density at radius 3 is 2.90 bits per heavy atom. The molecule has 3 nitrogen and oxygen atoms in total. The molecule has 1 aromatic rings.